The van der Waals surface area contributed by atoms with Crippen LogP contribution in [0.3, 0.4) is 0 Å². The number of rotatable bonds is 4. The summed E-state index contributed by atoms with van der Waals surface area (Å²) in [7, 11) is 7.24. The molecule has 0 saturated heterocycles. The average Bonchev–Trinajstić information content (AvgIpc) is 3.21. The van der Waals surface area contributed by atoms with Gasteiger partial charge in [-0.2, -0.15) is 0 Å². The second-order valence-corrected chi connectivity index (χ2v) is 5.93. The lowest BCUT2D eigenvalue weighted by Crippen LogP contribution is -1.91. The summed E-state index contributed by atoms with van der Waals surface area (Å²) in [6.45, 7) is 0. The number of hydrogen-bond donors (Lipinski definition) is 2. The first-order valence-corrected chi connectivity index (χ1v) is 8.03. The van der Waals surface area contributed by atoms with Crippen LogP contribution in [0.4, 0.5) is 5.69 Å². The maximum absolute atomic E-state index is 5.47. The second-order valence-electron chi connectivity index (χ2n) is 5.93. The molecule has 0 amide bonds. The Hall–Kier alpha value is -3.15. The van der Waals surface area contributed by atoms with Crippen LogP contribution >= 0.6 is 0 Å². The third-order valence-electron chi connectivity index (χ3n) is 4.59. The van der Waals surface area contributed by atoms with Gasteiger partial charge >= 0.3 is 0 Å². The minimum atomic E-state index is 0.715. The van der Waals surface area contributed by atoms with Crippen molar-refractivity contribution in [3.63, 3.8) is 0 Å². The van der Waals surface area contributed by atoms with Crippen LogP contribution in [-0.4, -0.2) is 35.8 Å². The van der Waals surface area contributed by atoms with Crippen molar-refractivity contribution >= 4 is 27.6 Å². The Labute approximate surface area is 145 Å². The second kappa shape index (κ2) is 5.73. The number of hydrogen-bond acceptors (Lipinski definition) is 4. The molecule has 4 rings (SSSR count). The fourth-order valence-electron chi connectivity index (χ4n) is 3.31. The Morgan fingerprint density at radius 3 is 2.56 bits per heavy atom. The van der Waals surface area contributed by atoms with E-state index < -0.39 is 0 Å². The van der Waals surface area contributed by atoms with Crippen molar-refractivity contribution in [2.24, 2.45) is 7.05 Å². The van der Waals surface area contributed by atoms with Gasteiger partial charge in [0.1, 0.15) is 5.65 Å². The molecule has 6 heteroatoms. The van der Waals surface area contributed by atoms with E-state index in [1.807, 2.05) is 32.3 Å². The molecule has 0 bridgehead atoms. The van der Waals surface area contributed by atoms with Crippen molar-refractivity contribution in [1.29, 1.82) is 0 Å². The van der Waals surface area contributed by atoms with E-state index in [9.17, 15) is 0 Å². The highest BCUT2D eigenvalue weighted by Crippen LogP contribution is 2.38. The molecule has 1 aromatic carbocycles. The Morgan fingerprint density at radius 2 is 1.84 bits per heavy atom. The summed E-state index contributed by atoms with van der Waals surface area (Å²) in [6.07, 6.45) is 3.90. The molecule has 0 fully saturated rings. The molecule has 4 aromatic rings. The number of anilines is 1. The minimum absolute atomic E-state index is 0.715. The summed E-state index contributed by atoms with van der Waals surface area (Å²) >= 11 is 0. The zero-order valence-corrected chi connectivity index (χ0v) is 14.7. The fraction of sp³-hybridized carbons (Fsp3) is 0.211. The largest absolute Gasteiger partial charge is 0.493 e. The van der Waals surface area contributed by atoms with Crippen LogP contribution < -0.4 is 14.8 Å². The zero-order valence-electron chi connectivity index (χ0n) is 14.7. The van der Waals surface area contributed by atoms with Crippen LogP contribution in [-0.2, 0) is 7.05 Å². The molecule has 128 valence electrons. The highest BCUT2D eigenvalue weighted by molar-refractivity contribution is 6.01. The minimum Gasteiger partial charge on any atom is -0.493 e. The molecule has 6 nitrogen and oxygen atoms in total. The predicted octanol–water partition coefficient (Wildman–Crippen LogP) is 3.78. The Kier molecular flexibility index (Phi) is 3.53. The van der Waals surface area contributed by atoms with Crippen molar-refractivity contribution in [3.05, 3.63) is 36.7 Å². The van der Waals surface area contributed by atoms with Gasteiger partial charge in [-0.25, -0.2) is 4.98 Å². The van der Waals surface area contributed by atoms with Crippen LogP contribution in [0.25, 0.3) is 33.2 Å². The number of H-pyrrole nitrogens is 1. The van der Waals surface area contributed by atoms with Crippen molar-refractivity contribution < 1.29 is 9.47 Å². The average molecular weight is 336 g/mol. The van der Waals surface area contributed by atoms with E-state index in [0.717, 1.165) is 44.6 Å². The van der Waals surface area contributed by atoms with Crippen molar-refractivity contribution in [2.75, 3.05) is 26.6 Å². The number of fused-ring (bicyclic) bond motifs is 2. The molecule has 0 aliphatic heterocycles. The Bertz CT molecular complexity index is 1080. The lowest BCUT2D eigenvalue weighted by Gasteiger charge is -2.08. The van der Waals surface area contributed by atoms with Crippen LogP contribution in [0.5, 0.6) is 11.5 Å². The van der Waals surface area contributed by atoms with Gasteiger partial charge in [-0.05, 0) is 18.2 Å². The van der Waals surface area contributed by atoms with E-state index in [-0.39, 0.29) is 0 Å². The number of ether oxygens (including phenoxy) is 2. The Morgan fingerprint density at radius 1 is 1.08 bits per heavy atom. The van der Waals surface area contributed by atoms with Crippen LogP contribution in [0.1, 0.15) is 0 Å². The quantitative estimate of drug-likeness (QED) is 0.595. The van der Waals surface area contributed by atoms with Gasteiger partial charge in [-0.1, -0.05) is 0 Å². The number of aromatic amines is 1. The standard InChI is InChI=1S/C19H20N4O2/c1-20-14-5-6-21-19-12(14)7-15(22-19)13-10-23(2)16-9-18(25-4)17(24-3)8-11(13)16/h5-10H,1-4H3,(H2,20,21,22). The van der Waals surface area contributed by atoms with Gasteiger partial charge in [0.15, 0.2) is 11.5 Å². The molecule has 0 aliphatic rings. The molecule has 3 aromatic heterocycles. The van der Waals surface area contributed by atoms with E-state index in [0.29, 0.717) is 5.75 Å². The summed E-state index contributed by atoms with van der Waals surface area (Å²) < 4.78 is 13.0. The summed E-state index contributed by atoms with van der Waals surface area (Å²) in [4.78, 5) is 7.86. The van der Waals surface area contributed by atoms with Gasteiger partial charge in [0.05, 0.1) is 19.7 Å². The number of aryl methyl sites for hydroxylation is 1. The highest BCUT2D eigenvalue weighted by atomic mass is 16.5. The maximum Gasteiger partial charge on any atom is 0.162 e. The molecule has 2 N–H and O–H groups in total. The van der Waals surface area contributed by atoms with Gasteiger partial charge in [-0.3, -0.25) is 0 Å². The molecule has 0 aliphatic carbocycles. The van der Waals surface area contributed by atoms with Crippen molar-refractivity contribution in [3.8, 4) is 22.8 Å². The first-order chi connectivity index (χ1) is 12.2. The van der Waals surface area contributed by atoms with Gasteiger partial charge in [-0.15, -0.1) is 0 Å². The van der Waals surface area contributed by atoms with E-state index in [1.165, 1.54) is 0 Å². The van der Waals surface area contributed by atoms with Gasteiger partial charge in [0.25, 0.3) is 0 Å². The molecule has 25 heavy (non-hydrogen) atoms. The zero-order chi connectivity index (χ0) is 17.6. The lowest BCUT2D eigenvalue weighted by atomic mass is 10.1. The van der Waals surface area contributed by atoms with Gasteiger partial charge in [0, 0.05) is 60.3 Å². The molecular formula is C19H20N4O2. The van der Waals surface area contributed by atoms with Crippen molar-refractivity contribution in [1.82, 2.24) is 14.5 Å². The number of benzene rings is 1. The first kappa shape index (κ1) is 15.4. The molecule has 0 spiro atoms. The third kappa shape index (κ3) is 2.29. The monoisotopic (exact) mass is 336 g/mol. The van der Waals surface area contributed by atoms with E-state index in [2.05, 4.69) is 32.1 Å². The number of methoxy groups -OCH3 is 2. The predicted molar refractivity (Wildman–Crippen MR) is 101 cm³/mol. The normalized spacial score (nSPS) is 11.2. The SMILES string of the molecule is CNc1ccnc2[nH]c(-c3cn(C)c4cc(OC)c(OC)cc34)cc12. The first-order valence-electron chi connectivity index (χ1n) is 8.03. The van der Waals surface area contributed by atoms with Crippen LogP contribution in [0.2, 0.25) is 0 Å². The van der Waals surface area contributed by atoms with Crippen LogP contribution in [0, 0.1) is 0 Å². The smallest absolute Gasteiger partial charge is 0.162 e. The summed E-state index contributed by atoms with van der Waals surface area (Å²) in [5.74, 6) is 1.44. The third-order valence-corrected chi connectivity index (χ3v) is 4.59. The van der Waals surface area contributed by atoms with Crippen molar-refractivity contribution in [2.45, 2.75) is 0 Å². The topological polar surface area (TPSA) is 64.1 Å². The number of nitrogens with zero attached hydrogens (tertiary/aromatic N) is 2. The molecule has 0 unspecified atom stereocenters. The molecule has 0 radical (unpaired) electrons. The van der Waals surface area contributed by atoms with Gasteiger partial charge in [0.2, 0.25) is 0 Å². The fourth-order valence-corrected chi connectivity index (χ4v) is 3.31. The molecule has 3 heterocycles. The summed E-state index contributed by atoms with van der Waals surface area (Å²) in [5.41, 5.74) is 5.10. The summed E-state index contributed by atoms with van der Waals surface area (Å²) in [5, 5.41) is 5.37. The van der Waals surface area contributed by atoms with E-state index in [1.54, 1.807) is 20.4 Å². The molecule has 0 atom stereocenters. The Balaban J connectivity index is 1.98. The number of pyridine rings is 1. The highest BCUT2D eigenvalue weighted by Gasteiger charge is 2.16. The van der Waals surface area contributed by atoms with E-state index in [4.69, 9.17) is 9.47 Å². The number of aromatic nitrogens is 3. The lowest BCUT2D eigenvalue weighted by molar-refractivity contribution is 0.355. The molecule has 0 saturated carbocycles. The maximum atomic E-state index is 5.47. The van der Waals surface area contributed by atoms with Gasteiger partial charge < -0.3 is 24.3 Å². The van der Waals surface area contributed by atoms with Crippen LogP contribution in [0.15, 0.2) is 36.7 Å². The molecular weight excluding hydrogens is 316 g/mol. The van der Waals surface area contributed by atoms with E-state index >= 15 is 0 Å². The summed E-state index contributed by atoms with van der Waals surface area (Å²) in [6, 6.07) is 8.11. The number of nitrogens with one attached hydrogen (secondary N) is 2.